The van der Waals surface area contributed by atoms with Crippen molar-refractivity contribution in [2.75, 3.05) is 5.73 Å². The number of anilines is 1. The molecule has 1 aromatic rings. The maximum atomic E-state index is 13.9. The molecule has 0 heterocycles. The minimum atomic E-state index is -4.17. The van der Waals surface area contributed by atoms with Crippen LogP contribution in [0, 0.1) is 15.9 Å². The summed E-state index contributed by atoms with van der Waals surface area (Å²) in [5.74, 6) is -1.24. The predicted octanol–water partition coefficient (Wildman–Crippen LogP) is 2.17. The molecule has 21 heavy (non-hydrogen) atoms. The number of non-ortho nitro benzene ring substituents is 1. The van der Waals surface area contributed by atoms with Crippen molar-refractivity contribution in [2.45, 2.75) is 44.0 Å². The summed E-state index contributed by atoms with van der Waals surface area (Å²) in [4.78, 5) is 9.01. The highest BCUT2D eigenvalue weighted by molar-refractivity contribution is 7.89. The number of hydrogen-bond donors (Lipinski definition) is 2. The second-order valence-electron chi connectivity index (χ2n) is 4.62. The van der Waals surface area contributed by atoms with E-state index in [2.05, 4.69) is 4.72 Å². The summed E-state index contributed by atoms with van der Waals surface area (Å²) in [6.45, 7) is 3.70. The molecule has 118 valence electrons. The average Bonchev–Trinajstić information content (AvgIpc) is 2.36. The van der Waals surface area contributed by atoms with Gasteiger partial charge < -0.3 is 5.73 Å². The summed E-state index contributed by atoms with van der Waals surface area (Å²) in [5.41, 5.74) is 4.40. The summed E-state index contributed by atoms with van der Waals surface area (Å²) in [7, 11) is -4.17. The number of sulfonamides is 1. The quantitative estimate of drug-likeness (QED) is 0.454. The Morgan fingerprint density at radius 2 is 2.05 bits per heavy atom. The molecule has 0 aliphatic heterocycles. The number of nitro groups is 1. The van der Waals surface area contributed by atoms with Gasteiger partial charge in [-0.05, 0) is 12.8 Å². The summed E-state index contributed by atoms with van der Waals surface area (Å²) >= 11 is 0. The third-order valence-corrected chi connectivity index (χ3v) is 4.60. The van der Waals surface area contributed by atoms with E-state index in [4.69, 9.17) is 5.73 Å². The van der Waals surface area contributed by atoms with E-state index in [1.54, 1.807) is 6.92 Å². The van der Waals surface area contributed by atoms with Gasteiger partial charge in [-0.3, -0.25) is 10.1 Å². The fourth-order valence-corrected chi connectivity index (χ4v) is 3.49. The normalized spacial score (nSPS) is 13.1. The SMILES string of the molecule is CCCC(CC)NS(=O)(=O)c1c(N)cc([N+](=O)[O-])cc1F. The maximum absolute atomic E-state index is 13.9. The molecule has 0 spiro atoms. The van der Waals surface area contributed by atoms with Crippen LogP contribution in [0.5, 0.6) is 0 Å². The van der Waals surface area contributed by atoms with Gasteiger partial charge in [-0.25, -0.2) is 17.5 Å². The molecule has 0 radical (unpaired) electrons. The van der Waals surface area contributed by atoms with Crippen LogP contribution in [0.4, 0.5) is 15.8 Å². The van der Waals surface area contributed by atoms with E-state index in [1.807, 2.05) is 6.92 Å². The van der Waals surface area contributed by atoms with Gasteiger partial charge in [0.2, 0.25) is 10.0 Å². The van der Waals surface area contributed by atoms with Crippen molar-refractivity contribution in [3.8, 4) is 0 Å². The van der Waals surface area contributed by atoms with Crippen molar-refractivity contribution < 1.29 is 17.7 Å². The first-order valence-corrected chi connectivity index (χ1v) is 7.97. The van der Waals surface area contributed by atoms with E-state index >= 15 is 0 Å². The van der Waals surface area contributed by atoms with Crippen molar-refractivity contribution in [1.82, 2.24) is 4.72 Å². The highest BCUT2D eigenvalue weighted by Crippen LogP contribution is 2.27. The van der Waals surface area contributed by atoms with Gasteiger partial charge in [0.15, 0.2) is 5.82 Å². The van der Waals surface area contributed by atoms with Gasteiger partial charge in [-0.2, -0.15) is 0 Å². The molecule has 1 rings (SSSR count). The number of nitrogens with zero attached hydrogens (tertiary/aromatic N) is 1. The zero-order valence-electron chi connectivity index (χ0n) is 11.8. The Balaban J connectivity index is 3.23. The van der Waals surface area contributed by atoms with Crippen LogP contribution in [0.15, 0.2) is 17.0 Å². The van der Waals surface area contributed by atoms with Crippen molar-refractivity contribution in [2.24, 2.45) is 0 Å². The summed E-state index contributed by atoms with van der Waals surface area (Å²) < 4.78 is 40.7. The van der Waals surface area contributed by atoms with Crippen molar-refractivity contribution >= 4 is 21.4 Å². The molecule has 1 aromatic carbocycles. The number of nitrogens with two attached hydrogens (primary N) is 1. The first kappa shape index (κ1) is 17.3. The fourth-order valence-electron chi connectivity index (χ4n) is 1.96. The fraction of sp³-hybridized carbons (Fsp3) is 0.500. The molecular weight excluding hydrogens is 301 g/mol. The Kier molecular flexibility index (Phi) is 5.62. The first-order chi connectivity index (χ1) is 9.72. The molecule has 0 amide bonds. The average molecular weight is 319 g/mol. The molecule has 0 fully saturated rings. The molecule has 3 N–H and O–H groups in total. The van der Waals surface area contributed by atoms with E-state index in [-0.39, 0.29) is 6.04 Å². The summed E-state index contributed by atoms with van der Waals surface area (Å²) in [5, 5.41) is 10.6. The van der Waals surface area contributed by atoms with E-state index < -0.39 is 37.0 Å². The van der Waals surface area contributed by atoms with Crippen molar-refractivity contribution in [3.05, 3.63) is 28.1 Å². The van der Waals surface area contributed by atoms with Crippen LogP contribution in [0.25, 0.3) is 0 Å². The number of benzene rings is 1. The molecule has 0 aromatic heterocycles. The largest absolute Gasteiger partial charge is 0.397 e. The topological polar surface area (TPSA) is 115 Å². The van der Waals surface area contributed by atoms with Gasteiger partial charge in [0.1, 0.15) is 4.90 Å². The number of halogens is 1. The molecule has 1 atom stereocenters. The van der Waals surface area contributed by atoms with Gasteiger partial charge in [-0.1, -0.05) is 20.3 Å². The van der Waals surface area contributed by atoms with Crippen LogP contribution < -0.4 is 10.5 Å². The lowest BCUT2D eigenvalue weighted by Gasteiger charge is -2.17. The van der Waals surface area contributed by atoms with E-state index in [0.29, 0.717) is 18.9 Å². The smallest absolute Gasteiger partial charge is 0.274 e. The van der Waals surface area contributed by atoms with Crippen LogP contribution in [0.3, 0.4) is 0 Å². The van der Waals surface area contributed by atoms with Crippen LogP contribution >= 0.6 is 0 Å². The molecule has 0 aliphatic carbocycles. The van der Waals surface area contributed by atoms with Crippen molar-refractivity contribution in [3.63, 3.8) is 0 Å². The van der Waals surface area contributed by atoms with Gasteiger partial charge >= 0.3 is 0 Å². The molecule has 0 saturated carbocycles. The number of nitro benzene ring substituents is 1. The van der Waals surface area contributed by atoms with Gasteiger partial charge in [0.05, 0.1) is 16.7 Å². The molecule has 1 unspecified atom stereocenters. The van der Waals surface area contributed by atoms with Gasteiger partial charge in [-0.15, -0.1) is 0 Å². The highest BCUT2D eigenvalue weighted by Gasteiger charge is 2.27. The van der Waals surface area contributed by atoms with E-state index in [0.717, 1.165) is 12.5 Å². The lowest BCUT2D eigenvalue weighted by atomic mass is 10.1. The zero-order valence-corrected chi connectivity index (χ0v) is 12.6. The third-order valence-electron chi connectivity index (χ3n) is 2.99. The van der Waals surface area contributed by atoms with Crippen molar-refractivity contribution in [1.29, 1.82) is 0 Å². The van der Waals surface area contributed by atoms with Gasteiger partial charge in [0.25, 0.3) is 5.69 Å². The Bertz CT molecular complexity index is 610. The molecule has 0 saturated heterocycles. The lowest BCUT2D eigenvalue weighted by molar-refractivity contribution is -0.385. The Labute approximate surface area is 122 Å². The minimum Gasteiger partial charge on any atom is -0.397 e. The predicted molar refractivity (Wildman–Crippen MR) is 76.8 cm³/mol. The highest BCUT2D eigenvalue weighted by atomic mass is 32.2. The molecule has 7 nitrogen and oxygen atoms in total. The Morgan fingerprint density at radius 3 is 2.48 bits per heavy atom. The Hall–Kier alpha value is -1.74. The minimum absolute atomic E-state index is 0.339. The number of hydrogen-bond acceptors (Lipinski definition) is 5. The first-order valence-electron chi connectivity index (χ1n) is 6.48. The van der Waals surface area contributed by atoms with Crippen LogP contribution in [-0.2, 0) is 10.0 Å². The molecular formula is C12H18FN3O4S. The molecule has 0 bridgehead atoms. The van der Waals surface area contributed by atoms with E-state index in [1.165, 1.54) is 0 Å². The third kappa shape index (κ3) is 4.11. The zero-order chi connectivity index (χ0) is 16.2. The molecule has 0 aliphatic rings. The number of nitrogens with one attached hydrogen (secondary N) is 1. The maximum Gasteiger partial charge on any atom is 0.274 e. The standard InChI is InChI=1S/C12H18FN3O4S/c1-3-5-8(4-2)15-21(19,20)12-10(13)6-9(16(17)18)7-11(12)14/h6-8,15H,3-5,14H2,1-2H3. The van der Waals surface area contributed by atoms with E-state index in [9.17, 15) is 22.9 Å². The monoisotopic (exact) mass is 319 g/mol. The number of rotatable bonds is 7. The lowest BCUT2D eigenvalue weighted by Crippen LogP contribution is -2.35. The van der Waals surface area contributed by atoms with Gasteiger partial charge in [0, 0.05) is 12.1 Å². The van der Waals surface area contributed by atoms with Crippen LogP contribution in [0.2, 0.25) is 0 Å². The van der Waals surface area contributed by atoms with Crippen LogP contribution in [-0.4, -0.2) is 19.4 Å². The van der Waals surface area contributed by atoms with Crippen LogP contribution in [0.1, 0.15) is 33.1 Å². The second kappa shape index (κ2) is 6.81. The summed E-state index contributed by atoms with van der Waals surface area (Å²) in [6.07, 6.45) is 1.91. The second-order valence-corrected chi connectivity index (χ2v) is 6.27. The molecule has 9 heteroatoms. The number of nitrogen functional groups attached to an aromatic ring is 1. The summed E-state index contributed by atoms with van der Waals surface area (Å²) in [6, 6.07) is 1.04. The Morgan fingerprint density at radius 1 is 1.43 bits per heavy atom.